The van der Waals surface area contributed by atoms with Crippen molar-refractivity contribution in [3.05, 3.63) is 24.5 Å². The van der Waals surface area contributed by atoms with E-state index in [0.29, 0.717) is 26.2 Å². The zero-order chi connectivity index (χ0) is 10.7. The molecule has 15 heavy (non-hydrogen) atoms. The van der Waals surface area contributed by atoms with Gasteiger partial charge in [0.1, 0.15) is 6.09 Å². The zero-order valence-corrected chi connectivity index (χ0v) is 8.30. The summed E-state index contributed by atoms with van der Waals surface area (Å²) in [5, 5.41) is 10.6. The molecule has 0 unspecified atom stereocenters. The second-order valence-corrected chi connectivity index (χ2v) is 3.45. The smallest absolute Gasteiger partial charge is 0.137 e. The molecule has 80 valence electrons. The summed E-state index contributed by atoms with van der Waals surface area (Å²) in [5.41, 5.74) is 1.09. The zero-order valence-electron chi connectivity index (χ0n) is 8.30. The number of nitrogens with zero attached hydrogens (tertiary/aromatic N) is 3. The maximum atomic E-state index is 10.6. The summed E-state index contributed by atoms with van der Waals surface area (Å²) in [6.07, 6.45) is 2.39. The van der Waals surface area contributed by atoms with E-state index in [-0.39, 0.29) is 0 Å². The van der Waals surface area contributed by atoms with Gasteiger partial charge in [0.25, 0.3) is 0 Å². The van der Waals surface area contributed by atoms with E-state index >= 15 is 0 Å². The summed E-state index contributed by atoms with van der Waals surface area (Å²) in [6.45, 7) is 2.42. The predicted octanol–water partition coefficient (Wildman–Crippen LogP) is -0.453. The van der Waals surface area contributed by atoms with Crippen LogP contribution in [0.25, 0.3) is 0 Å². The van der Waals surface area contributed by atoms with Crippen LogP contribution in [0.2, 0.25) is 0 Å². The minimum Gasteiger partial charge on any atom is -0.530 e. The Kier molecular flexibility index (Phi) is 2.71. The number of aromatic nitrogens is 1. The highest BCUT2D eigenvalue weighted by Gasteiger charge is 2.16. The van der Waals surface area contributed by atoms with Crippen LogP contribution in [0, 0.1) is 0 Å². The molecule has 0 N–H and O–H groups in total. The van der Waals surface area contributed by atoms with Crippen LogP contribution >= 0.6 is 0 Å². The quantitative estimate of drug-likeness (QED) is 0.624. The van der Waals surface area contributed by atoms with Gasteiger partial charge in [0.05, 0.1) is 0 Å². The van der Waals surface area contributed by atoms with E-state index in [4.69, 9.17) is 0 Å². The molecule has 0 saturated carbocycles. The minimum atomic E-state index is -1.08. The lowest BCUT2D eigenvalue weighted by atomic mass is 10.3. The van der Waals surface area contributed by atoms with Gasteiger partial charge in [-0.1, -0.05) is 0 Å². The van der Waals surface area contributed by atoms with Gasteiger partial charge in [-0.2, -0.15) is 0 Å². The van der Waals surface area contributed by atoms with Crippen molar-refractivity contribution in [3.63, 3.8) is 0 Å². The normalized spacial score (nSPS) is 16.5. The van der Waals surface area contributed by atoms with Gasteiger partial charge in [-0.3, -0.25) is 4.98 Å². The molecule has 1 amide bonds. The summed E-state index contributed by atoms with van der Waals surface area (Å²) in [4.78, 5) is 18.0. The number of hydrogen-bond acceptors (Lipinski definition) is 4. The average molecular weight is 206 g/mol. The molecule has 2 heterocycles. The first-order chi connectivity index (χ1) is 7.27. The number of carbonyl (C=O) groups excluding carboxylic acids is 1. The third kappa shape index (κ3) is 2.18. The summed E-state index contributed by atoms with van der Waals surface area (Å²) in [6, 6.07) is 3.85. The Morgan fingerprint density at radius 3 is 2.33 bits per heavy atom. The van der Waals surface area contributed by atoms with Gasteiger partial charge in [0.2, 0.25) is 0 Å². The number of pyridine rings is 1. The number of carbonyl (C=O) groups is 1. The predicted molar refractivity (Wildman–Crippen MR) is 53.4 cm³/mol. The lowest BCUT2D eigenvalue weighted by Gasteiger charge is -2.37. The van der Waals surface area contributed by atoms with Crippen LogP contribution in [-0.4, -0.2) is 42.2 Å². The standard InChI is InChI=1S/C10H13N3O2/c14-10(15)13-7-5-12(6-8-13)9-1-3-11-4-2-9/h1-4H,5-8H2,(H,14,15)/p-1. The Labute approximate surface area is 87.9 Å². The monoisotopic (exact) mass is 206 g/mol. The molecule has 1 aromatic rings. The largest absolute Gasteiger partial charge is 0.530 e. The van der Waals surface area contributed by atoms with Crippen molar-refractivity contribution in [2.45, 2.75) is 0 Å². The van der Waals surface area contributed by atoms with E-state index in [9.17, 15) is 9.90 Å². The molecule has 5 heteroatoms. The van der Waals surface area contributed by atoms with Crippen molar-refractivity contribution in [1.82, 2.24) is 9.88 Å². The fourth-order valence-corrected chi connectivity index (χ4v) is 1.70. The highest BCUT2D eigenvalue weighted by atomic mass is 16.4. The Balaban J connectivity index is 1.97. The molecule has 0 spiro atoms. The molecule has 0 aliphatic carbocycles. The molecule has 1 aliphatic heterocycles. The third-order valence-electron chi connectivity index (χ3n) is 2.57. The van der Waals surface area contributed by atoms with Crippen molar-refractivity contribution >= 4 is 11.8 Å². The number of rotatable bonds is 1. The van der Waals surface area contributed by atoms with Gasteiger partial charge in [-0.05, 0) is 12.1 Å². The van der Waals surface area contributed by atoms with Crippen LogP contribution in [-0.2, 0) is 0 Å². The van der Waals surface area contributed by atoms with Gasteiger partial charge >= 0.3 is 0 Å². The molecule has 1 aliphatic rings. The minimum absolute atomic E-state index is 0.505. The van der Waals surface area contributed by atoms with E-state index in [2.05, 4.69) is 9.88 Å². The molecular formula is C10H12N3O2-. The van der Waals surface area contributed by atoms with E-state index in [0.717, 1.165) is 5.69 Å². The fourth-order valence-electron chi connectivity index (χ4n) is 1.70. The van der Waals surface area contributed by atoms with Crippen LogP contribution in [0.15, 0.2) is 24.5 Å². The summed E-state index contributed by atoms with van der Waals surface area (Å²) < 4.78 is 0. The lowest BCUT2D eigenvalue weighted by Crippen LogP contribution is -2.52. The molecule has 0 radical (unpaired) electrons. The lowest BCUT2D eigenvalue weighted by molar-refractivity contribution is -0.265. The van der Waals surface area contributed by atoms with Crippen molar-refractivity contribution in [3.8, 4) is 0 Å². The van der Waals surface area contributed by atoms with Gasteiger partial charge in [-0.25, -0.2) is 0 Å². The maximum Gasteiger partial charge on any atom is 0.137 e. The Hall–Kier alpha value is -1.78. The fraction of sp³-hybridized carbons (Fsp3) is 0.400. The van der Waals surface area contributed by atoms with Crippen LogP contribution in [0.1, 0.15) is 0 Å². The summed E-state index contributed by atoms with van der Waals surface area (Å²) >= 11 is 0. The Morgan fingerprint density at radius 2 is 1.80 bits per heavy atom. The third-order valence-corrected chi connectivity index (χ3v) is 2.57. The number of amides is 1. The first-order valence-corrected chi connectivity index (χ1v) is 4.88. The molecule has 0 aromatic carbocycles. The molecule has 0 bridgehead atoms. The topological polar surface area (TPSA) is 59.5 Å². The van der Waals surface area contributed by atoms with Gasteiger partial charge in [-0.15, -0.1) is 0 Å². The second-order valence-electron chi connectivity index (χ2n) is 3.45. The van der Waals surface area contributed by atoms with E-state index in [1.165, 1.54) is 4.90 Å². The molecular weight excluding hydrogens is 194 g/mol. The van der Waals surface area contributed by atoms with Crippen molar-refractivity contribution < 1.29 is 9.90 Å². The van der Waals surface area contributed by atoms with Gasteiger partial charge in [0, 0.05) is 44.3 Å². The Morgan fingerprint density at radius 1 is 1.20 bits per heavy atom. The van der Waals surface area contributed by atoms with E-state index < -0.39 is 6.09 Å². The van der Waals surface area contributed by atoms with Crippen LogP contribution < -0.4 is 10.0 Å². The molecule has 1 saturated heterocycles. The maximum absolute atomic E-state index is 10.6. The molecule has 1 aromatic heterocycles. The van der Waals surface area contributed by atoms with Crippen molar-refractivity contribution in [2.75, 3.05) is 31.1 Å². The molecule has 0 atom stereocenters. The number of piperazine rings is 1. The first-order valence-electron chi connectivity index (χ1n) is 4.88. The van der Waals surface area contributed by atoms with E-state index in [1.54, 1.807) is 12.4 Å². The number of hydrogen-bond donors (Lipinski definition) is 0. The highest BCUT2D eigenvalue weighted by Crippen LogP contribution is 2.14. The van der Waals surface area contributed by atoms with Crippen molar-refractivity contribution in [1.29, 1.82) is 0 Å². The molecule has 1 fully saturated rings. The average Bonchev–Trinajstić information content (AvgIpc) is 2.30. The highest BCUT2D eigenvalue weighted by molar-refractivity contribution is 5.63. The SMILES string of the molecule is O=C([O-])N1CCN(c2ccncc2)CC1. The van der Waals surface area contributed by atoms with Gasteiger partial charge < -0.3 is 19.7 Å². The number of anilines is 1. The van der Waals surface area contributed by atoms with Crippen LogP contribution in [0.3, 0.4) is 0 Å². The Bertz CT molecular complexity index is 334. The molecule has 5 nitrogen and oxygen atoms in total. The molecule has 2 rings (SSSR count). The van der Waals surface area contributed by atoms with E-state index in [1.807, 2.05) is 12.1 Å². The number of carboxylic acid groups (broad SMARTS) is 1. The van der Waals surface area contributed by atoms with Gasteiger partial charge in [0.15, 0.2) is 0 Å². The summed E-state index contributed by atoms with van der Waals surface area (Å²) in [7, 11) is 0. The second kappa shape index (κ2) is 4.16. The van der Waals surface area contributed by atoms with Crippen molar-refractivity contribution in [2.24, 2.45) is 0 Å². The first kappa shape index (κ1) is 9.76. The summed E-state index contributed by atoms with van der Waals surface area (Å²) in [5.74, 6) is 0. The van der Waals surface area contributed by atoms with Crippen LogP contribution in [0.5, 0.6) is 0 Å². The van der Waals surface area contributed by atoms with Crippen LogP contribution in [0.4, 0.5) is 10.5 Å².